The highest BCUT2D eigenvalue weighted by atomic mass is 16.1. The molecule has 0 bridgehead atoms. The lowest BCUT2D eigenvalue weighted by Crippen LogP contribution is -2.16. The molecule has 0 atom stereocenters. The van der Waals surface area contributed by atoms with Crippen LogP contribution in [0.3, 0.4) is 0 Å². The van der Waals surface area contributed by atoms with Crippen LogP contribution in [-0.4, -0.2) is 6.29 Å². The Bertz CT molecular complexity index is 434. The van der Waals surface area contributed by atoms with Crippen LogP contribution in [0.25, 0.3) is 6.08 Å². The number of benzene rings is 1. The Balaban J connectivity index is 3.46. The van der Waals surface area contributed by atoms with Gasteiger partial charge in [-0.15, -0.1) is 0 Å². The minimum atomic E-state index is 0.0951. The maximum absolute atomic E-state index is 10.5. The largest absolute Gasteiger partial charge is 0.299 e. The van der Waals surface area contributed by atoms with Crippen molar-refractivity contribution in [2.24, 2.45) is 0 Å². The van der Waals surface area contributed by atoms with Crippen LogP contribution in [0.5, 0.6) is 0 Å². The summed E-state index contributed by atoms with van der Waals surface area (Å²) in [5, 5.41) is 0. The van der Waals surface area contributed by atoms with Gasteiger partial charge in [-0.3, -0.25) is 4.79 Å². The fourth-order valence-corrected chi connectivity index (χ4v) is 2.44. The summed E-state index contributed by atoms with van der Waals surface area (Å²) >= 11 is 0. The number of hydrogen-bond acceptors (Lipinski definition) is 1. The second-order valence-corrected chi connectivity index (χ2v) is 5.41. The molecule has 0 saturated heterocycles. The molecule has 0 heterocycles. The van der Waals surface area contributed by atoms with Gasteiger partial charge >= 0.3 is 0 Å². The van der Waals surface area contributed by atoms with Crippen LogP contribution < -0.4 is 0 Å². The van der Waals surface area contributed by atoms with Gasteiger partial charge < -0.3 is 0 Å². The van der Waals surface area contributed by atoms with Crippen molar-refractivity contribution in [3.8, 4) is 0 Å². The molecule has 1 rings (SSSR count). The number of allylic oxidation sites excluding steroid dienone is 1. The van der Waals surface area contributed by atoms with Crippen LogP contribution >= 0.6 is 0 Å². The molecule has 17 heavy (non-hydrogen) atoms. The number of hydrogen-bond donors (Lipinski definition) is 0. The Labute approximate surface area is 105 Å². The Morgan fingerprint density at radius 2 is 1.88 bits per heavy atom. The van der Waals surface area contributed by atoms with E-state index in [1.54, 1.807) is 6.08 Å². The standard InChI is InChI=1S/C16H22O/c1-6-13-9-10-14(8-7-11-17)15(12(13)2)16(3,4)5/h7-11H,6H2,1-5H3. The summed E-state index contributed by atoms with van der Waals surface area (Å²) in [6.45, 7) is 11.0. The zero-order chi connectivity index (χ0) is 13.1. The first-order chi connectivity index (χ1) is 7.91. The third-order valence-electron chi connectivity index (χ3n) is 3.09. The highest BCUT2D eigenvalue weighted by Gasteiger charge is 2.20. The van der Waals surface area contributed by atoms with Crippen molar-refractivity contribution in [3.05, 3.63) is 40.5 Å². The molecule has 0 radical (unpaired) electrons. The average molecular weight is 230 g/mol. The van der Waals surface area contributed by atoms with Crippen LogP contribution in [0, 0.1) is 6.92 Å². The van der Waals surface area contributed by atoms with Crippen LogP contribution in [0.2, 0.25) is 0 Å². The molecule has 1 aromatic carbocycles. The number of aryl methyl sites for hydroxylation is 1. The molecule has 0 spiro atoms. The van der Waals surface area contributed by atoms with E-state index in [1.807, 2.05) is 6.08 Å². The van der Waals surface area contributed by atoms with E-state index >= 15 is 0 Å². The smallest absolute Gasteiger partial charge is 0.142 e. The average Bonchev–Trinajstić information content (AvgIpc) is 2.24. The molecule has 0 aliphatic rings. The van der Waals surface area contributed by atoms with Crippen molar-refractivity contribution >= 4 is 12.4 Å². The second kappa shape index (κ2) is 5.31. The van der Waals surface area contributed by atoms with Gasteiger partial charge in [0.05, 0.1) is 0 Å². The Morgan fingerprint density at radius 3 is 2.35 bits per heavy atom. The van der Waals surface area contributed by atoms with Crippen LogP contribution in [0.1, 0.15) is 49.9 Å². The van der Waals surface area contributed by atoms with Gasteiger partial charge in [0.1, 0.15) is 6.29 Å². The van der Waals surface area contributed by atoms with Gasteiger partial charge in [0.2, 0.25) is 0 Å². The van der Waals surface area contributed by atoms with Gasteiger partial charge in [0.25, 0.3) is 0 Å². The predicted molar refractivity (Wildman–Crippen MR) is 74.4 cm³/mol. The molecule has 0 saturated carbocycles. The summed E-state index contributed by atoms with van der Waals surface area (Å²) in [6, 6.07) is 4.28. The van der Waals surface area contributed by atoms with Gasteiger partial charge in [-0.2, -0.15) is 0 Å². The summed E-state index contributed by atoms with van der Waals surface area (Å²) in [4.78, 5) is 10.5. The van der Waals surface area contributed by atoms with Gasteiger partial charge in [0, 0.05) is 0 Å². The summed E-state index contributed by atoms with van der Waals surface area (Å²) in [5.74, 6) is 0. The SMILES string of the molecule is CCc1ccc(C=CC=O)c(C(C)(C)C)c1C. The third kappa shape index (κ3) is 3.06. The molecule has 0 aliphatic heterocycles. The van der Waals surface area contributed by atoms with Crippen LogP contribution in [0.15, 0.2) is 18.2 Å². The zero-order valence-corrected chi connectivity index (χ0v) is 11.5. The Kier molecular flexibility index (Phi) is 4.28. The topological polar surface area (TPSA) is 17.1 Å². The first kappa shape index (κ1) is 13.7. The fourth-order valence-electron chi connectivity index (χ4n) is 2.44. The van der Waals surface area contributed by atoms with Gasteiger partial charge in [-0.25, -0.2) is 0 Å². The third-order valence-corrected chi connectivity index (χ3v) is 3.09. The summed E-state index contributed by atoms with van der Waals surface area (Å²) in [7, 11) is 0. The minimum Gasteiger partial charge on any atom is -0.299 e. The van der Waals surface area contributed by atoms with Crippen molar-refractivity contribution in [1.29, 1.82) is 0 Å². The van der Waals surface area contributed by atoms with E-state index in [1.165, 1.54) is 16.7 Å². The van der Waals surface area contributed by atoms with E-state index in [9.17, 15) is 4.79 Å². The van der Waals surface area contributed by atoms with Crippen molar-refractivity contribution in [3.63, 3.8) is 0 Å². The maximum atomic E-state index is 10.5. The van der Waals surface area contributed by atoms with E-state index in [0.29, 0.717) is 0 Å². The lowest BCUT2D eigenvalue weighted by atomic mass is 9.79. The van der Waals surface area contributed by atoms with Crippen molar-refractivity contribution < 1.29 is 4.79 Å². The Morgan fingerprint density at radius 1 is 1.24 bits per heavy atom. The molecule has 0 unspecified atom stereocenters. The molecule has 0 aliphatic carbocycles. The quantitative estimate of drug-likeness (QED) is 0.565. The molecule has 0 fully saturated rings. The summed E-state index contributed by atoms with van der Waals surface area (Å²) in [5.41, 5.74) is 5.33. The highest BCUT2D eigenvalue weighted by molar-refractivity contribution is 5.75. The van der Waals surface area contributed by atoms with Gasteiger partial charge in [0.15, 0.2) is 0 Å². The lowest BCUT2D eigenvalue weighted by Gasteiger charge is -2.26. The maximum Gasteiger partial charge on any atom is 0.142 e. The van der Waals surface area contributed by atoms with E-state index in [2.05, 4.69) is 46.8 Å². The number of carbonyl (C=O) groups is 1. The molecule has 0 N–H and O–H groups in total. The van der Waals surface area contributed by atoms with Crippen molar-refractivity contribution in [2.45, 2.75) is 46.5 Å². The van der Waals surface area contributed by atoms with Crippen molar-refractivity contribution in [2.75, 3.05) is 0 Å². The molecule has 1 nitrogen and oxygen atoms in total. The predicted octanol–water partition coefficient (Wildman–Crippen LogP) is 4.07. The monoisotopic (exact) mass is 230 g/mol. The van der Waals surface area contributed by atoms with Crippen molar-refractivity contribution in [1.82, 2.24) is 0 Å². The van der Waals surface area contributed by atoms with E-state index < -0.39 is 0 Å². The number of aldehydes is 1. The highest BCUT2D eigenvalue weighted by Crippen LogP contribution is 2.32. The Hall–Kier alpha value is -1.37. The number of rotatable bonds is 3. The van der Waals surface area contributed by atoms with E-state index in [4.69, 9.17) is 0 Å². The molecule has 92 valence electrons. The fraction of sp³-hybridized carbons (Fsp3) is 0.438. The summed E-state index contributed by atoms with van der Waals surface area (Å²) in [6.07, 6.45) is 5.34. The van der Waals surface area contributed by atoms with E-state index in [0.717, 1.165) is 18.3 Å². The number of carbonyl (C=O) groups excluding carboxylic acids is 1. The first-order valence-electron chi connectivity index (χ1n) is 6.16. The lowest BCUT2D eigenvalue weighted by molar-refractivity contribution is -0.104. The molecular weight excluding hydrogens is 208 g/mol. The second-order valence-electron chi connectivity index (χ2n) is 5.41. The summed E-state index contributed by atoms with van der Waals surface area (Å²) < 4.78 is 0. The van der Waals surface area contributed by atoms with Gasteiger partial charge in [-0.05, 0) is 47.1 Å². The van der Waals surface area contributed by atoms with Crippen LogP contribution in [0.4, 0.5) is 0 Å². The normalized spacial score (nSPS) is 12.1. The molecule has 0 aromatic heterocycles. The zero-order valence-electron chi connectivity index (χ0n) is 11.5. The molecule has 1 aromatic rings. The molecule has 1 heteroatoms. The van der Waals surface area contributed by atoms with Gasteiger partial charge in [-0.1, -0.05) is 45.9 Å². The minimum absolute atomic E-state index is 0.0951. The molecular formula is C16H22O. The molecule has 0 amide bonds. The van der Waals surface area contributed by atoms with Crippen LogP contribution in [-0.2, 0) is 16.6 Å². The van der Waals surface area contributed by atoms with E-state index in [-0.39, 0.29) is 5.41 Å². The first-order valence-corrected chi connectivity index (χ1v) is 6.16.